The van der Waals surface area contributed by atoms with E-state index in [2.05, 4.69) is 32.5 Å². The zero-order chi connectivity index (χ0) is 10.1. The monoisotopic (exact) mass is 306 g/mol. The fraction of sp³-hybridized carbons (Fsp3) is 0.444. The molecule has 0 bridgehead atoms. The number of hydrogen-bond donors (Lipinski definition) is 1. The molecule has 76 valence electrons. The van der Waals surface area contributed by atoms with Gasteiger partial charge in [-0.05, 0) is 28.7 Å². The number of rotatable bonds is 1. The zero-order valence-corrected chi connectivity index (χ0v) is 10.00. The highest BCUT2D eigenvalue weighted by Gasteiger charge is 2.21. The maximum Gasteiger partial charge on any atom is 0.339 e. The Morgan fingerprint density at radius 2 is 2.50 bits per heavy atom. The van der Waals surface area contributed by atoms with E-state index in [4.69, 9.17) is 4.74 Å². The van der Waals surface area contributed by atoms with Crippen LogP contribution in [0.2, 0.25) is 0 Å². The number of nitrogens with zero attached hydrogens (tertiary/aromatic N) is 1. The Morgan fingerprint density at radius 1 is 1.71 bits per heavy atom. The van der Waals surface area contributed by atoms with Gasteiger partial charge in [0.1, 0.15) is 0 Å². The van der Waals surface area contributed by atoms with E-state index >= 15 is 0 Å². The molecule has 5 heteroatoms. The number of halogens is 1. The Balaban J connectivity index is 2.46. The van der Waals surface area contributed by atoms with Crippen LogP contribution in [-0.4, -0.2) is 24.2 Å². The minimum atomic E-state index is -0.250. The molecule has 1 aromatic rings. The minimum absolute atomic E-state index is 0.250. The molecule has 1 aliphatic heterocycles. The van der Waals surface area contributed by atoms with Crippen molar-refractivity contribution in [1.29, 1.82) is 0 Å². The molecule has 2 rings (SSSR count). The number of fused-ring (bicyclic) bond motifs is 1. The highest BCUT2D eigenvalue weighted by atomic mass is 127. The van der Waals surface area contributed by atoms with Gasteiger partial charge in [0.05, 0.1) is 16.4 Å². The second-order valence-corrected chi connectivity index (χ2v) is 4.25. The first kappa shape index (κ1) is 9.97. The van der Waals surface area contributed by atoms with Gasteiger partial charge in [-0.1, -0.05) is 0 Å². The van der Waals surface area contributed by atoms with Gasteiger partial charge in [0, 0.05) is 25.3 Å². The Morgan fingerprint density at radius 3 is 3.21 bits per heavy atom. The highest BCUT2D eigenvalue weighted by molar-refractivity contribution is 14.1. The van der Waals surface area contributed by atoms with Crippen LogP contribution >= 0.6 is 22.6 Å². The third kappa shape index (κ3) is 1.54. The van der Waals surface area contributed by atoms with Gasteiger partial charge in [-0.15, -0.1) is 0 Å². The van der Waals surface area contributed by atoms with E-state index in [1.807, 2.05) is 6.07 Å². The molecule has 0 aromatic carbocycles. The molecule has 0 amide bonds. The topological polar surface area (TPSA) is 43.3 Å². The summed E-state index contributed by atoms with van der Waals surface area (Å²) in [5.74, 6) is -0.250. The number of esters is 1. The first-order valence-electron chi connectivity index (χ1n) is 4.41. The van der Waals surface area contributed by atoms with E-state index in [1.165, 1.54) is 7.11 Å². The lowest BCUT2D eigenvalue weighted by Gasteiger charge is -2.18. The van der Waals surface area contributed by atoms with E-state index in [0.29, 0.717) is 5.56 Å². The molecule has 0 saturated carbocycles. The third-order valence-corrected chi connectivity index (χ3v) is 3.26. The zero-order valence-electron chi connectivity index (χ0n) is 7.84. The quantitative estimate of drug-likeness (QED) is 0.621. The Bertz CT molecular complexity index is 373. The number of ether oxygens (including phenoxy) is 1. The maximum absolute atomic E-state index is 11.4. The first-order valence-corrected chi connectivity index (χ1v) is 5.49. The standard InChI is InChI=1S/C9H11IN2O2/c1-14-9(13)6-4-8(10)12-3-2-11-5-7(6)12/h4,11H,2-3,5H2,1H3. The van der Waals surface area contributed by atoms with Crippen molar-refractivity contribution in [3.63, 3.8) is 0 Å². The Kier molecular flexibility index (Phi) is 2.78. The summed E-state index contributed by atoms with van der Waals surface area (Å²) >= 11 is 2.24. The van der Waals surface area contributed by atoms with Crippen molar-refractivity contribution < 1.29 is 9.53 Å². The molecule has 2 heterocycles. The summed E-state index contributed by atoms with van der Waals surface area (Å²) in [6.45, 7) is 2.62. The third-order valence-electron chi connectivity index (χ3n) is 2.37. The summed E-state index contributed by atoms with van der Waals surface area (Å²) in [5, 5.41) is 3.24. The van der Waals surface area contributed by atoms with Gasteiger partial charge in [-0.2, -0.15) is 0 Å². The molecule has 0 atom stereocenters. The van der Waals surface area contributed by atoms with Gasteiger partial charge in [-0.25, -0.2) is 4.79 Å². The SMILES string of the molecule is COC(=O)c1cc(I)n2c1CNCC2. The summed E-state index contributed by atoms with van der Waals surface area (Å²) in [7, 11) is 1.41. The van der Waals surface area contributed by atoms with E-state index < -0.39 is 0 Å². The van der Waals surface area contributed by atoms with Crippen molar-refractivity contribution >= 4 is 28.6 Å². The normalized spacial score (nSPS) is 15.0. The number of carbonyl (C=O) groups is 1. The number of hydrogen-bond acceptors (Lipinski definition) is 3. The van der Waals surface area contributed by atoms with Crippen LogP contribution in [0.25, 0.3) is 0 Å². The lowest BCUT2D eigenvalue weighted by Crippen LogP contribution is -2.29. The molecule has 0 aliphatic carbocycles. The number of carbonyl (C=O) groups excluding carboxylic acids is 1. The van der Waals surface area contributed by atoms with Crippen LogP contribution in [0, 0.1) is 3.70 Å². The van der Waals surface area contributed by atoms with Gasteiger partial charge in [-0.3, -0.25) is 0 Å². The molecule has 1 N–H and O–H groups in total. The van der Waals surface area contributed by atoms with Crippen LogP contribution in [0.15, 0.2) is 6.07 Å². The summed E-state index contributed by atoms with van der Waals surface area (Å²) in [6.07, 6.45) is 0. The van der Waals surface area contributed by atoms with Crippen molar-refractivity contribution in [1.82, 2.24) is 9.88 Å². The first-order chi connectivity index (χ1) is 6.74. The molecule has 0 spiro atoms. The summed E-state index contributed by atoms with van der Waals surface area (Å²) in [5.41, 5.74) is 1.72. The predicted molar refractivity (Wildman–Crippen MR) is 60.2 cm³/mol. The number of nitrogens with one attached hydrogen (secondary N) is 1. The van der Waals surface area contributed by atoms with Gasteiger partial charge in [0.25, 0.3) is 0 Å². The lowest BCUT2D eigenvalue weighted by molar-refractivity contribution is 0.0599. The second kappa shape index (κ2) is 3.90. The van der Waals surface area contributed by atoms with E-state index in [1.54, 1.807) is 0 Å². The predicted octanol–water partition coefficient (Wildman–Crippen LogP) is 0.982. The molecule has 1 aliphatic rings. The van der Waals surface area contributed by atoms with Crippen molar-refractivity contribution in [3.8, 4) is 0 Å². The van der Waals surface area contributed by atoms with E-state index in [0.717, 1.165) is 29.0 Å². The molecule has 14 heavy (non-hydrogen) atoms. The van der Waals surface area contributed by atoms with Crippen molar-refractivity contribution in [2.75, 3.05) is 13.7 Å². The summed E-state index contributed by atoms with van der Waals surface area (Å²) in [6, 6.07) is 1.88. The average molecular weight is 306 g/mol. The fourth-order valence-electron chi connectivity index (χ4n) is 1.67. The molecule has 0 unspecified atom stereocenters. The van der Waals surface area contributed by atoms with Gasteiger partial charge in [0.2, 0.25) is 0 Å². The van der Waals surface area contributed by atoms with Gasteiger partial charge in [0.15, 0.2) is 0 Å². The van der Waals surface area contributed by atoms with Crippen LogP contribution in [0.3, 0.4) is 0 Å². The Labute approximate surface area is 95.8 Å². The largest absolute Gasteiger partial charge is 0.465 e. The number of aromatic nitrogens is 1. The van der Waals surface area contributed by atoms with Gasteiger partial charge < -0.3 is 14.6 Å². The van der Waals surface area contributed by atoms with Crippen molar-refractivity contribution in [2.24, 2.45) is 0 Å². The van der Waals surface area contributed by atoms with Crippen LogP contribution in [-0.2, 0) is 17.8 Å². The summed E-state index contributed by atoms with van der Waals surface area (Å²) in [4.78, 5) is 11.4. The summed E-state index contributed by atoms with van der Waals surface area (Å²) < 4.78 is 7.99. The smallest absolute Gasteiger partial charge is 0.339 e. The minimum Gasteiger partial charge on any atom is -0.465 e. The van der Waals surface area contributed by atoms with E-state index in [9.17, 15) is 4.79 Å². The average Bonchev–Trinajstić information content (AvgIpc) is 2.56. The molecule has 0 fully saturated rings. The maximum atomic E-state index is 11.4. The molecular formula is C9H11IN2O2. The highest BCUT2D eigenvalue weighted by Crippen LogP contribution is 2.20. The molecule has 4 nitrogen and oxygen atoms in total. The fourth-order valence-corrected chi connectivity index (χ4v) is 2.52. The lowest BCUT2D eigenvalue weighted by atomic mass is 10.2. The number of methoxy groups -OCH3 is 1. The van der Waals surface area contributed by atoms with E-state index in [-0.39, 0.29) is 5.97 Å². The molecule has 0 saturated heterocycles. The van der Waals surface area contributed by atoms with Crippen molar-refractivity contribution in [2.45, 2.75) is 13.1 Å². The second-order valence-electron chi connectivity index (χ2n) is 3.15. The van der Waals surface area contributed by atoms with Crippen LogP contribution in [0.1, 0.15) is 16.1 Å². The molecule has 0 radical (unpaired) electrons. The molecular weight excluding hydrogens is 295 g/mol. The van der Waals surface area contributed by atoms with Crippen molar-refractivity contribution in [3.05, 3.63) is 21.0 Å². The van der Waals surface area contributed by atoms with Crippen LogP contribution < -0.4 is 5.32 Å². The molecule has 1 aromatic heterocycles. The van der Waals surface area contributed by atoms with Gasteiger partial charge >= 0.3 is 5.97 Å². The van der Waals surface area contributed by atoms with Crippen LogP contribution in [0.5, 0.6) is 0 Å². The Hall–Kier alpha value is -0.560. The van der Waals surface area contributed by atoms with Crippen LogP contribution in [0.4, 0.5) is 0 Å².